The van der Waals surface area contributed by atoms with E-state index >= 15 is 0 Å². The lowest BCUT2D eigenvalue weighted by molar-refractivity contribution is 0.354. The second-order valence-corrected chi connectivity index (χ2v) is 5.96. The van der Waals surface area contributed by atoms with E-state index in [1.165, 1.54) is 20.3 Å². The van der Waals surface area contributed by atoms with Gasteiger partial charge in [0.25, 0.3) is 0 Å². The van der Waals surface area contributed by atoms with Crippen LogP contribution in [0.25, 0.3) is 0 Å². The molecule has 0 aliphatic heterocycles. The fourth-order valence-electron chi connectivity index (χ4n) is 1.91. The molecule has 112 valence electrons. The molecule has 0 aliphatic carbocycles. The first-order valence-electron chi connectivity index (χ1n) is 5.98. The van der Waals surface area contributed by atoms with Crippen LogP contribution in [0.5, 0.6) is 11.5 Å². The predicted octanol–water partition coefficient (Wildman–Crippen LogP) is 5.59. The summed E-state index contributed by atoms with van der Waals surface area (Å²) < 4.78 is 24.4. The van der Waals surface area contributed by atoms with E-state index < -0.39 is 5.38 Å². The molecule has 0 amide bonds. The molecule has 0 heterocycles. The molecule has 0 bridgehead atoms. The van der Waals surface area contributed by atoms with E-state index in [1.807, 2.05) is 0 Å². The highest BCUT2D eigenvalue weighted by Gasteiger charge is 2.19. The van der Waals surface area contributed by atoms with Gasteiger partial charge in [-0.1, -0.05) is 17.7 Å². The summed E-state index contributed by atoms with van der Waals surface area (Å²) >= 11 is 15.8. The Labute approximate surface area is 140 Å². The van der Waals surface area contributed by atoms with E-state index in [1.54, 1.807) is 24.3 Å². The van der Waals surface area contributed by atoms with Gasteiger partial charge in [-0.2, -0.15) is 0 Å². The number of halogens is 4. The van der Waals surface area contributed by atoms with E-state index in [4.69, 9.17) is 32.7 Å². The molecule has 2 rings (SSSR count). The van der Waals surface area contributed by atoms with Crippen molar-refractivity contribution < 1.29 is 13.9 Å². The SMILES string of the molecule is COc1cc(Cl)c(C(Cl)c2ccc(Br)c(F)c2)cc1OC. The zero-order chi connectivity index (χ0) is 15.6. The molecule has 0 spiro atoms. The van der Waals surface area contributed by atoms with Gasteiger partial charge in [-0.3, -0.25) is 0 Å². The van der Waals surface area contributed by atoms with Gasteiger partial charge in [0.2, 0.25) is 0 Å². The summed E-state index contributed by atoms with van der Waals surface area (Å²) in [6.45, 7) is 0. The van der Waals surface area contributed by atoms with Crippen LogP contribution in [0, 0.1) is 5.82 Å². The Morgan fingerprint density at radius 2 is 1.71 bits per heavy atom. The van der Waals surface area contributed by atoms with Crippen LogP contribution < -0.4 is 9.47 Å². The maximum absolute atomic E-state index is 13.6. The molecule has 0 N–H and O–H groups in total. The zero-order valence-electron chi connectivity index (χ0n) is 11.3. The topological polar surface area (TPSA) is 18.5 Å². The number of ether oxygens (including phenoxy) is 2. The molecule has 2 nitrogen and oxygen atoms in total. The Morgan fingerprint density at radius 1 is 1.10 bits per heavy atom. The predicted molar refractivity (Wildman–Crippen MR) is 86.4 cm³/mol. The number of benzene rings is 2. The smallest absolute Gasteiger partial charge is 0.162 e. The fraction of sp³-hybridized carbons (Fsp3) is 0.200. The van der Waals surface area contributed by atoms with Crippen LogP contribution in [-0.2, 0) is 0 Å². The second-order valence-electron chi connectivity index (χ2n) is 4.26. The summed E-state index contributed by atoms with van der Waals surface area (Å²) in [5, 5.41) is -0.170. The molecule has 6 heteroatoms. The summed E-state index contributed by atoms with van der Waals surface area (Å²) in [5.74, 6) is 0.645. The standard InChI is InChI=1S/C15H12BrCl2FO2/c1-20-13-6-9(11(17)7-14(13)21-2)15(18)8-3-4-10(16)12(19)5-8/h3-7,15H,1-2H3. The quantitative estimate of drug-likeness (QED) is 0.630. The molecule has 0 aliphatic rings. The monoisotopic (exact) mass is 392 g/mol. The van der Waals surface area contributed by atoms with Gasteiger partial charge in [0.05, 0.1) is 24.1 Å². The van der Waals surface area contributed by atoms with Gasteiger partial charge in [-0.25, -0.2) is 4.39 Å². The molecule has 1 unspecified atom stereocenters. The van der Waals surface area contributed by atoms with Crippen molar-refractivity contribution >= 4 is 39.1 Å². The maximum atomic E-state index is 13.6. The third kappa shape index (κ3) is 3.44. The molecule has 2 aromatic rings. The summed E-state index contributed by atoms with van der Waals surface area (Å²) in [6, 6.07) is 8.03. The summed E-state index contributed by atoms with van der Waals surface area (Å²) in [6.07, 6.45) is 0. The normalized spacial score (nSPS) is 12.1. The van der Waals surface area contributed by atoms with Crippen molar-refractivity contribution in [1.82, 2.24) is 0 Å². The first kappa shape index (κ1) is 16.4. The average molecular weight is 394 g/mol. The van der Waals surface area contributed by atoms with Gasteiger partial charge in [-0.05, 0) is 45.3 Å². The first-order valence-corrected chi connectivity index (χ1v) is 7.59. The van der Waals surface area contributed by atoms with Crippen molar-refractivity contribution in [2.45, 2.75) is 5.38 Å². The largest absolute Gasteiger partial charge is 0.493 e. The van der Waals surface area contributed by atoms with Crippen LogP contribution in [0.1, 0.15) is 16.5 Å². The van der Waals surface area contributed by atoms with E-state index in [0.29, 0.717) is 32.1 Å². The minimum absolute atomic E-state index is 0.380. The maximum Gasteiger partial charge on any atom is 0.162 e. The van der Waals surface area contributed by atoms with Crippen LogP contribution in [0.15, 0.2) is 34.8 Å². The molecule has 0 radical (unpaired) electrons. The van der Waals surface area contributed by atoms with E-state index in [0.717, 1.165) is 0 Å². The van der Waals surface area contributed by atoms with Crippen LogP contribution in [0.2, 0.25) is 5.02 Å². The number of methoxy groups -OCH3 is 2. The molecule has 0 fully saturated rings. The summed E-state index contributed by atoms with van der Waals surface area (Å²) in [7, 11) is 3.05. The minimum Gasteiger partial charge on any atom is -0.493 e. The molecular formula is C15H12BrCl2FO2. The van der Waals surface area contributed by atoms with Crippen molar-refractivity contribution in [2.75, 3.05) is 14.2 Å². The van der Waals surface area contributed by atoms with Gasteiger partial charge in [0.15, 0.2) is 11.5 Å². The van der Waals surface area contributed by atoms with Gasteiger partial charge >= 0.3 is 0 Å². The Morgan fingerprint density at radius 3 is 2.29 bits per heavy atom. The molecule has 0 saturated carbocycles. The highest BCUT2D eigenvalue weighted by atomic mass is 79.9. The van der Waals surface area contributed by atoms with Crippen LogP contribution in [-0.4, -0.2) is 14.2 Å². The minimum atomic E-state index is -0.597. The summed E-state index contributed by atoms with van der Waals surface area (Å²) in [4.78, 5) is 0. The Kier molecular flexibility index (Phi) is 5.36. The lowest BCUT2D eigenvalue weighted by Gasteiger charge is -2.16. The lowest BCUT2D eigenvalue weighted by Crippen LogP contribution is -1.98. The highest BCUT2D eigenvalue weighted by molar-refractivity contribution is 9.10. The Hall–Kier alpha value is -0.970. The number of hydrogen-bond acceptors (Lipinski definition) is 2. The van der Waals surface area contributed by atoms with Crippen molar-refractivity contribution in [3.63, 3.8) is 0 Å². The van der Waals surface area contributed by atoms with Crippen molar-refractivity contribution in [2.24, 2.45) is 0 Å². The fourth-order valence-corrected chi connectivity index (χ4v) is 2.80. The molecule has 0 saturated heterocycles. The third-order valence-electron chi connectivity index (χ3n) is 3.01. The van der Waals surface area contributed by atoms with Crippen molar-refractivity contribution in [3.8, 4) is 11.5 Å². The molecular weight excluding hydrogens is 382 g/mol. The number of hydrogen-bond donors (Lipinski definition) is 0. The number of alkyl halides is 1. The van der Waals surface area contributed by atoms with Crippen LogP contribution >= 0.6 is 39.1 Å². The zero-order valence-corrected chi connectivity index (χ0v) is 14.4. The van der Waals surface area contributed by atoms with Crippen LogP contribution in [0.3, 0.4) is 0 Å². The first-order chi connectivity index (χ1) is 9.97. The van der Waals surface area contributed by atoms with Crippen LogP contribution in [0.4, 0.5) is 4.39 Å². The van der Waals surface area contributed by atoms with Crippen molar-refractivity contribution in [3.05, 3.63) is 56.8 Å². The summed E-state index contributed by atoms with van der Waals surface area (Å²) in [5.41, 5.74) is 1.23. The molecule has 2 aromatic carbocycles. The molecule has 0 aromatic heterocycles. The van der Waals surface area contributed by atoms with Crippen molar-refractivity contribution in [1.29, 1.82) is 0 Å². The Bertz CT molecular complexity index is 664. The number of rotatable bonds is 4. The van der Waals surface area contributed by atoms with E-state index in [9.17, 15) is 4.39 Å². The molecule has 21 heavy (non-hydrogen) atoms. The third-order valence-corrected chi connectivity index (χ3v) is 4.47. The van der Waals surface area contributed by atoms with E-state index in [2.05, 4.69) is 15.9 Å². The highest BCUT2D eigenvalue weighted by Crippen LogP contribution is 2.40. The van der Waals surface area contributed by atoms with E-state index in [-0.39, 0.29) is 5.82 Å². The van der Waals surface area contributed by atoms with Gasteiger partial charge in [-0.15, -0.1) is 11.6 Å². The van der Waals surface area contributed by atoms with Gasteiger partial charge < -0.3 is 9.47 Å². The molecule has 1 atom stereocenters. The second kappa shape index (κ2) is 6.86. The Balaban J connectivity index is 2.47. The van der Waals surface area contributed by atoms with Gasteiger partial charge in [0, 0.05) is 11.1 Å². The lowest BCUT2D eigenvalue weighted by atomic mass is 10.0. The van der Waals surface area contributed by atoms with Gasteiger partial charge in [0.1, 0.15) is 5.82 Å². The average Bonchev–Trinajstić information content (AvgIpc) is 2.49.